The molecule has 5 nitrogen and oxygen atoms in total. The summed E-state index contributed by atoms with van der Waals surface area (Å²) in [5, 5.41) is 5.77. The van der Waals surface area contributed by atoms with E-state index in [1.54, 1.807) is 31.2 Å². The van der Waals surface area contributed by atoms with Crippen LogP contribution >= 0.6 is 0 Å². The Balaban J connectivity index is 1.64. The summed E-state index contributed by atoms with van der Waals surface area (Å²) in [7, 11) is 0. The van der Waals surface area contributed by atoms with E-state index in [4.69, 9.17) is 4.74 Å². The highest BCUT2D eigenvalue weighted by atomic mass is 16.5. The van der Waals surface area contributed by atoms with E-state index in [9.17, 15) is 9.59 Å². The summed E-state index contributed by atoms with van der Waals surface area (Å²) >= 11 is 0. The predicted molar refractivity (Wildman–Crippen MR) is 92.1 cm³/mol. The molecule has 0 aliphatic heterocycles. The summed E-state index contributed by atoms with van der Waals surface area (Å²) in [6.45, 7) is 2.07. The molecule has 0 heterocycles. The van der Waals surface area contributed by atoms with E-state index in [1.807, 2.05) is 12.1 Å². The molecule has 5 heteroatoms. The Morgan fingerprint density at radius 3 is 2.83 bits per heavy atom. The van der Waals surface area contributed by atoms with Crippen molar-refractivity contribution in [1.29, 1.82) is 0 Å². The maximum Gasteiger partial charge on any atom is 0.338 e. The van der Waals surface area contributed by atoms with Gasteiger partial charge in [0.25, 0.3) is 0 Å². The first-order valence-corrected chi connectivity index (χ1v) is 8.10. The van der Waals surface area contributed by atoms with Crippen LogP contribution in [-0.4, -0.2) is 18.6 Å². The second-order valence-corrected chi connectivity index (χ2v) is 5.69. The van der Waals surface area contributed by atoms with Crippen LogP contribution < -0.4 is 10.6 Å². The summed E-state index contributed by atoms with van der Waals surface area (Å²) in [6.07, 6.45) is 1.87. The van der Waals surface area contributed by atoms with Crippen molar-refractivity contribution in [3.8, 4) is 0 Å². The molecule has 0 saturated heterocycles. The highest BCUT2D eigenvalue weighted by Gasteiger charge is 2.23. The van der Waals surface area contributed by atoms with E-state index in [-0.39, 0.29) is 12.1 Å². The van der Waals surface area contributed by atoms with E-state index in [0.717, 1.165) is 12.8 Å². The van der Waals surface area contributed by atoms with Gasteiger partial charge in [0, 0.05) is 5.69 Å². The van der Waals surface area contributed by atoms with Crippen molar-refractivity contribution < 1.29 is 14.3 Å². The van der Waals surface area contributed by atoms with Crippen LogP contribution in [0.25, 0.3) is 0 Å². The molecule has 0 saturated carbocycles. The van der Waals surface area contributed by atoms with E-state index in [2.05, 4.69) is 22.8 Å². The molecular formula is C19H20N2O3. The number of benzene rings is 2. The summed E-state index contributed by atoms with van der Waals surface area (Å²) in [6, 6.07) is 14.6. The predicted octanol–water partition coefficient (Wildman–Crippen LogP) is 3.67. The molecule has 1 atom stereocenters. The van der Waals surface area contributed by atoms with E-state index >= 15 is 0 Å². The SMILES string of the molecule is CCOC(=O)c1cccc(NC(=O)NC2CCc3ccccc32)c1. The van der Waals surface area contributed by atoms with Gasteiger partial charge in [-0.25, -0.2) is 9.59 Å². The number of hydrogen-bond acceptors (Lipinski definition) is 3. The van der Waals surface area contributed by atoms with Crippen LogP contribution in [0.5, 0.6) is 0 Å². The lowest BCUT2D eigenvalue weighted by atomic mass is 10.1. The Kier molecular flexibility index (Phi) is 4.79. The number of fused-ring (bicyclic) bond motifs is 1. The Labute approximate surface area is 141 Å². The monoisotopic (exact) mass is 324 g/mol. The Morgan fingerprint density at radius 2 is 2.00 bits per heavy atom. The third-order valence-corrected chi connectivity index (χ3v) is 4.07. The van der Waals surface area contributed by atoms with Crippen molar-refractivity contribution in [1.82, 2.24) is 5.32 Å². The molecule has 2 amide bonds. The smallest absolute Gasteiger partial charge is 0.338 e. The second-order valence-electron chi connectivity index (χ2n) is 5.69. The van der Waals surface area contributed by atoms with Crippen LogP contribution in [-0.2, 0) is 11.2 Å². The molecule has 1 aliphatic rings. The molecule has 0 spiro atoms. The Morgan fingerprint density at radius 1 is 1.17 bits per heavy atom. The molecular weight excluding hydrogens is 304 g/mol. The van der Waals surface area contributed by atoms with Crippen molar-refractivity contribution in [2.45, 2.75) is 25.8 Å². The van der Waals surface area contributed by atoms with Crippen molar-refractivity contribution in [3.63, 3.8) is 0 Å². The van der Waals surface area contributed by atoms with Crippen molar-refractivity contribution in [2.75, 3.05) is 11.9 Å². The molecule has 2 N–H and O–H groups in total. The van der Waals surface area contributed by atoms with Gasteiger partial charge in [-0.1, -0.05) is 30.3 Å². The summed E-state index contributed by atoms with van der Waals surface area (Å²) in [5.41, 5.74) is 3.44. The number of ether oxygens (including phenoxy) is 1. The second kappa shape index (κ2) is 7.17. The number of rotatable bonds is 4. The standard InChI is InChI=1S/C19H20N2O3/c1-2-24-18(22)14-7-5-8-15(12-14)20-19(23)21-17-11-10-13-6-3-4-9-16(13)17/h3-9,12,17H,2,10-11H2,1H3,(H2,20,21,23). The zero-order valence-electron chi connectivity index (χ0n) is 13.5. The molecule has 0 fully saturated rings. The minimum atomic E-state index is -0.397. The van der Waals surface area contributed by atoms with Crippen LogP contribution in [0.15, 0.2) is 48.5 Å². The van der Waals surface area contributed by atoms with Gasteiger partial charge in [0.05, 0.1) is 18.2 Å². The van der Waals surface area contributed by atoms with Gasteiger partial charge >= 0.3 is 12.0 Å². The van der Waals surface area contributed by atoms with E-state index in [0.29, 0.717) is 17.9 Å². The van der Waals surface area contributed by atoms with E-state index < -0.39 is 5.97 Å². The first kappa shape index (κ1) is 16.1. The quantitative estimate of drug-likeness (QED) is 0.843. The fourth-order valence-electron chi connectivity index (χ4n) is 2.97. The molecule has 24 heavy (non-hydrogen) atoms. The molecule has 0 radical (unpaired) electrons. The third kappa shape index (κ3) is 3.56. The summed E-state index contributed by atoms with van der Waals surface area (Å²) < 4.78 is 4.97. The van der Waals surface area contributed by atoms with Crippen LogP contribution in [0, 0.1) is 0 Å². The average molecular weight is 324 g/mol. The number of esters is 1. The number of amides is 2. The minimum Gasteiger partial charge on any atom is -0.462 e. The first-order valence-electron chi connectivity index (χ1n) is 8.10. The lowest BCUT2D eigenvalue weighted by molar-refractivity contribution is 0.0526. The van der Waals surface area contributed by atoms with Gasteiger partial charge in [0.15, 0.2) is 0 Å². The minimum absolute atomic E-state index is 0.0226. The molecule has 2 aromatic carbocycles. The first-order chi connectivity index (χ1) is 11.7. The zero-order chi connectivity index (χ0) is 16.9. The van der Waals surface area contributed by atoms with Gasteiger partial charge in [-0.3, -0.25) is 0 Å². The van der Waals surface area contributed by atoms with Crippen molar-refractivity contribution in [2.24, 2.45) is 0 Å². The normalized spacial score (nSPS) is 15.5. The van der Waals surface area contributed by atoms with Gasteiger partial charge in [-0.2, -0.15) is 0 Å². The molecule has 124 valence electrons. The summed E-state index contributed by atoms with van der Waals surface area (Å²) in [5.74, 6) is -0.397. The van der Waals surface area contributed by atoms with Gasteiger partial charge < -0.3 is 15.4 Å². The number of carbonyl (C=O) groups is 2. The topological polar surface area (TPSA) is 67.4 Å². The van der Waals surface area contributed by atoms with Crippen molar-refractivity contribution >= 4 is 17.7 Å². The highest BCUT2D eigenvalue weighted by molar-refractivity contribution is 5.94. The van der Waals surface area contributed by atoms with Crippen LogP contribution in [0.2, 0.25) is 0 Å². The number of nitrogens with one attached hydrogen (secondary N) is 2. The molecule has 0 aromatic heterocycles. The number of aryl methyl sites for hydroxylation is 1. The number of anilines is 1. The van der Waals surface area contributed by atoms with Gasteiger partial charge in [0.2, 0.25) is 0 Å². The molecule has 1 aliphatic carbocycles. The number of hydrogen-bond donors (Lipinski definition) is 2. The largest absolute Gasteiger partial charge is 0.462 e. The summed E-state index contributed by atoms with van der Waals surface area (Å²) in [4.78, 5) is 24.0. The van der Waals surface area contributed by atoms with Crippen LogP contribution in [0.4, 0.5) is 10.5 Å². The maximum atomic E-state index is 12.2. The van der Waals surface area contributed by atoms with E-state index in [1.165, 1.54) is 11.1 Å². The fraction of sp³-hybridized carbons (Fsp3) is 0.263. The Hall–Kier alpha value is -2.82. The van der Waals surface area contributed by atoms with Crippen molar-refractivity contribution in [3.05, 3.63) is 65.2 Å². The molecule has 3 rings (SSSR count). The number of urea groups is 1. The van der Waals surface area contributed by atoms with Crippen LogP contribution in [0.3, 0.4) is 0 Å². The molecule has 1 unspecified atom stereocenters. The van der Waals surface area contributed by atoms with Gasteiger partial charge in [0.1, 0.15) is 0 Å². The van der Waals surface area contributed by atoms with Crippen LogP contribution in [0.1, 0.15) is 40.9 Å². The van der Waals surface area contributed by atoms with Gasteiger partial charge in [-0.05, 0) is 49.1 Å². The average Bonchev–Trinajstić information content (AvgIpc) is 2.98. The lowest BCUT2D eigenvalue weighted by Gasteiger charge is -2.15. The van der Waals surface area contributed by atoms with Gasteiger partial charge in [-0.15, -0.1) is 0 Å². The highest BCUT2D eigenvalue weighted by Crippen LogP contribution is 2.30. The third-order valence-electron chi connectivity index (χ3n) is 4.07. The maximum absolute atomic E-state index is 12.2. The number of carbonyl (C=O) groups excluding carboxylic acids is 2. The Bertz CT molecular complexity index is 758. The fourth-order valence-corrected chi connectivity index (χ4v) is 2.97. The lowest BCUT2D eigenvalue weighted by Crippen LogP contribution is -2.31. The molecule has 0 bridgehead atoms. The molecule has 2 aromatic rings. The zero-order valence-corrected chi connectivity index (χ0v) is 13.5.